The number of aromatic amines is 1. The summed E-state index contributed by atoms with van der Waals surface area (Å²) < 4.78 is 0. The smallest absolute Gasteiger partial charge is 0.305 e. The van der Waals surface area contributed by atoms with Gasteiger partial charge in [0.2, 0.25) is 5.95 Å². The molecule has 25 heavy (non-hydrogen) atoms. The van der Waals surface area contributed by atoms with Crippen LogP contribution in [0.15, 0.2) is 23.0 Å². The quantitative estimate of drug-likeness (QED) is 0.445. The molecule has 0 spiro atoms. The highest BCUT2D eigenvalue weighted by molar-refractivity contribution is 6.42. The third-order valence-corrected chi connectivity index (χ3v) is 3.91. The first-order valence-corrected chi connectivity index (χ1v) is 7.94. The van der Waals surface area contributed by atoms with E-state index in [1.54, 1.807) is 18.2 Å². The minimum absolute atomic E-state index is 0.0522. The monoisotopic (exact) mass is 383 g/mol. The van der Waals surface area contributed by atoms with E-state index >= 15 is 0 Å². The summed E-state index contributed by atoms with van der Waals surface area (Å²) in [6.07, 6.45) is 0.761. The van der Waals surface area contributed by atoms with Crippen molar-refractivity contribution < 1.29 is 9.90 Å². The molecule has 0 aliphatic carbocycles. The van der Waals surface area contributed by atoms with Crippen LogP contribution in [0.25, 0.3) is 0 Å². The predicted octanol–water partition coefficient (Wildman–Crippen LogP) is 2.57. The number of nitrogens with one attached hydrogen (secondary N) is 4. The summed E-state index contributed by atoms with van der Waals surface area (Å²) in [6, 6.07) is 5.13. The Labute approximate surface area is 152 Å². The largest absolute Gasteiger partial charge is 0.481 e. The van der Waals surface area contributed by atoms with E-state index in [1.807, 2.05) is 0 Å². The Morgan fingerprint density at radius 1 is 1.32 bits per heavy atom. The van der Waals surface area contributed by atoms with Crippen LogP contribution in [-0.4, -0.2) is 33.8 Å². The molecule has 10 heteroatoms. The third kappa shape index (κ3) is 5.20. The number of carboxylic acid groups (broad SMARTS) is 1. The van der Waals surface area contributed by atoms with Gasteiger partial charge in [-0.3, -0.25) is 14.6 Å². The average Bonchev–Trinajstić information content (AvgIpc) is 2.57. The second-order valence-electron chi connectivity index (χ2n) is 4.99. The molecule has 0 radical (unpaired) electrons. The van der Waals surface area contributed by atoms with E-state index in [0.717, 1.165) is 11.8 Å². The van der Waals surface area contributed by atoms with E-state index < -0.39 is 11.5 Å². The van der Waals surface area contributed by atoms with Gasteiger partial charge >= 0.3 is 5.97 Å². The highest BCUT2D eigenvalue weighted by atomic mass is 35.5. The number of benzene rings is 1. The molecule has 0 saturated carbocycles. The summed E-state index contributed by atoms with van der Waals surface area (Å²) in [7, 11) is 0. The number of rotatable bonds is 8. The van der Waals surface area contributed by atoms with E-state index in [0.29, 0.717) is 16.6 Å². The number of nitrogens with zero attached hydrogens (tertiary/aromatic N) is 1. The minimum atomic E-state index is -0.992. The number of aromatic nitrogens is 2. The van der Waals surface area contributed by atoms with Crippen molar-refractivity contribution in [1.82, 2.24) is 9.97 Å². The van der Waals surface area contributed by atoms with Gasteiger partial charge in [0.15, 0.2) is 0 Å². The Balaban J connectivity index is 2.12. The summed E-state index contributed by atoms with van der Waals surface area (Å²) >= 11 is 11.8. The van der Waals surface area contributed by atoms with E-state index in [1.165, 1.54) is 0 Å². The highest BCUT2D eigenvalue weighted by Crippen LogP contribution is 2.22. The molecular weight excluding hydrogens is 369 g/mol. The third-order valence-electron chi connectivity index (χ3n) is 3.17. The predicted molar refractivity (Wildman–Crippen MR) is 97.3 cm³/mol. The van der Waals surface area contributed by atoms with Crippen molar-refractivity contribution in [3.8, 4) is 0 Å². The molecule has 5 N–H and O–H groups in total. The number of H-pyrrole nitrogens is 1. The Morgan fingerprint density at radius 3 is 2.72 bits per heavy atom. The molecule has 132 valence electrons. The molecule has 0 fully saturated rings. The lowest BCUT2D eigenvalue weighted by Crippen LogP contribution is -2.22. The molecule has 0 aliphatic rings. The molecule has 0 bridgehead atoms. The number of hydrogen-bond donors (Lipinski definition) is 5. The highest BCUT2D eigenvalue weighted by Gasteiger charge is 2.10. The molecular formula is C15H15Cl2N5O3. The van der Waals surface area contributed by atoms with Crippen molar-refractivity contribution >= 4 is 47.0 Å². The number of carboxylic acids is 1. The van der Waals surface area contributed by atoms with Crippen LogP contribution in [0.2, 0.25) is 10.0 Å². The maximum Gasteiger partial charge on any atom is 0.305 e. The van der Waals surface area contributed by atoms with Crippen LogP contribution < -0.4 is 16.2 Å². The van der Waals surface area contributed by atoms with Gasteiger partial charge in [-0.1, -0.05) is 29.3 Å². The van der Waals surface area contributed by atoms with Crippen molar-refractivity contribution in [2.45, 2.75) is 13.0 Å². The van der Waals surface area contributed by atoms with Gasteiger partial charge in [-0.2, -0.15) is 0 Å². The van der Waals surface area contributed by atoms with Crippen molar-refractivity contribution in [2.75, 3.05) is 17.2 Å². The molecule has 2 aromatic rings. The minimum Gasteiger partial charge on any atom is -0.481 e. The van der Waals surface area contributed by atoms with Gasteiger partial charge in [-0.15, -0.1) is 0 Å². The Hall–Kier alpha value is -2.58. The first-order valence-electron chi connectivity index (χ1n) is 7.19. The molecule has 0 saturated heterocycles. The molecule has 0 amide bonds. The van der Waals surface area contributed by atoms with Crippen LogP contribution in [0.1, 0.15) is 17.7 Å². The van der Waals surface area contributed by atoms with Crippen molar-refractivity contribution in [2.24, 2.45) is 0 Å². The van der Waals surface area contributed by atoms with Crippen molar-refractivity contribution in [3.63, 3.8) is 0 Å². The molecule has 0 atom stereocenters. The van der Waals surface area contributed by atoms with E-state index in [-0.39, 0.29) is 30.3 Å². The number of carbonyl (C=O) groups is 1. The Morgan fingerprint density at radius 2 is 2.08 bits per heavy atom. The van der Waals surface area contributed by atoms with Crippen LogP contribution >= 0.6 is 23.2 Å². The van der Waals surface area contributed by atoms with Crippen molar-refractivity contribution in [3.05, 3.63) is 49.9 Å². The normalized spacial score (nSPS) is 10.3. The fraction of sp³-hybridized carbons (Fsp3) is 0.200. The van der Waals surface area contributed by atoms with E-state index in [4.69, 9.17) is 33.7 Å². The van der Waals surface area contributed by atoms with E-state index in [9.17, 15) is 9.59 Å². The lowest BCUT2D eigenvalue weighted by molar-refractivity contribution is -0.136. The topological polar surface area (TPSA) is 131 Å². The number of anilines is 2. The molecule has 1 aromatic heterocycles. The molecule has 0 aliphatic heterocycles. The molecule has 2 rings (SSSR count). The summed E-state index contributed by atoms with van der Waals surface area (Å²) in [5.74, 6) is -0.813. The maximum absolute atomic E-state index is 12.1. The number of aliphatic carboxylic acids is 1. The SMILES string of the molecule is N=Cc1nc(NCc2ccc(Cl)c(Cl)c2)[nH]c(=O)c1NCCC(=O)O. The zero-order valence-electron chi connectivity index (χ0n) is 12.9. The second-order valence-corrected chi connectivity index (χ2v) is 5.81. The van der Waals surface area contributed by atoms with Gasteiger partial charge in [-0.25, -0.2) is 4.98 Å². The molecule has 1 aromatic carbocycles. The first-order chi connectivity index (χ1) is 11.9. The lowest BCUT2D eigenvalue weighted by atomic mass is 10.2. The second kappa shape index (κ2) is 8.50. The van der Waals surface area contributed by atoms with Crippen LogP contribution in [0.4, 0.5) is 11.6 Å². The van der Waals surface area contributed by atoms with Crippen LogP contribution in [0.3, 0.4) is 0 Å². The first kappa shape index (κ1) is 18.8. The summed E-state index contributed by atoms with van der Waals surface area (Å²) in [5, 5.41) is 22.5. The van der Waals surface area contributed by atoms with Gasteiger partial charge in [0.05, 0.1) is 16.5 Å². The van der Waals surface area contributed by atoms with Gasteiger partial charge in [0.25, 0.3) is 5.56 Å². The van der Waals surface area contributed by atoms with Crippen LogP contribution in [0, 0.1) is 5.41 Å². The molecule has 8 nitrogen and oxygen atoms in total. The summed E-state index contributed by atoms with van der Waals surface area (Å²) in [5.41, 5.74) is 0.481. The Bertz CT molecular complexity index is 854. The van der Waals surface area contributed by atoms with Crippen molar-refractivity contribution in [1.29, 1.82) is 5.41 Å². The number of halogens is 2. The van der Waals surface area contributed by atoms with Gasteiger partial charge in [-0.05, 0) is 17.7 Å². The molecule has 1 heterocycles. The van der Waals surface area contributed by atoms with Gasteiger partial charge < -0.3 is 21.1 Å². The zero-order chi connectivity index (χ0) is 18.4. The Kier molecular flexibility index (Phi) is 6.37. The van der Waals surface area contributed by atoms with Crippen LogP contribution in [0.5, 0.6) is 0 Å². The average molecular weight is 384 g/mol. The maximum atomic E-state index is 12.1. The van der Waals surface area contributed by atoms with Crippen LogP contribution in [-0.2, 0) is 11.3 Å². The van der Waals surface area contributed by atoms with E-state index in [2.05, 4.69) is 20.6 Å². The summed E-state index contributed by atoms with van der Waals surface area (Å²) in [4.78, 5) is 29.3. The fourth-order valence-electron chi connectivity index (χ4n) is 1.98. The lowest BCUT2D eigenvalue weighted by Gasteiger charge is -2.10. The summed E-state index contributed by atoms with van der Waals surface area (Å²) in [6.45, 7) is 0.389. The fourth-order valence-corrected chi connectivity index (χ4v) is 2.30. The zero-order valence-corrected chi connectivity index (χ0v) is 14.4. The van der Waals surface area contributed by atoms with Gasteiger partial charge in [0, 0.05) is 19.3 Å². The standard InChI is InChI=1S/C15H15Cl2N5O3/c16-9-2-1-8(5-10(9)17)7-20-15-21-11(6-18)13(14(25)22-15)19-4-3-12(23)24/h1-2,5-6,18-19H,3-4,7H2,(H,23,24)(H2,20,21,22,25). The van der Waals surface area contributed by atoms with Gasteiger partial charge in [0.1, 0.15) is 11.4 Å². The number of hydrogen-bond acceptors (Lipinski definition) is 6. The molecule has 0 unspecified atom stereocenters.